The van der Waals surface area contributed by atoms with Gasteiger partial charge >= 0.3 is 0 Å². The highest BCUT2D eigenvalue weighted by Gasteiger charge is 2.17. The van der Waals surface area contributed by atoms with Gasteiger partial charge in [-0.1, -0.05) is 0 Å². The van der Waals surface area contributed by atoms with E-state index < -0.39 is 0 Å². The number of piperidine rings is 1. The Morgan fingerprint density at radius 2 is 2.19 bits per heavy atom. The summed E-state index contributed by atoms with van der Waals surface area (Å²) in [5.74, 6) is 2.25. The Kier molecular flexibility index (Phi) is 2.50. The number of rotatable bonds is 2. The molecule has 1 aliphatic rings. The van der Waals surface area contributed by atoms with Crippen molar-refractivity contribution in [2.75, 3.05) is 13.1 Å². The summed E-state index contributed by atoms with van der Waals surface area (Å²) in [6.07, 6.45) is 5.97. The Morgan fingerprint density at radius 1 is 1.31 bits per heavy atom. The normalized spacial score (nSPS) is 17.8. The maximum absolute atomic E-state index is 5.31. The quantitative estimate of drug-likeness (QED) is 0.810. The van der Waals surface area contributed by atoms with Crippen LogP contribution in [0.15, 0.2) is 29.0 Å². The highest BCUT2D eigenvalue weighted by atomic mass is 16.3. The number of furan rings is 1. The van der Waals surface area contributed by atoms with Gasteiger partial charge in [0.1, 0.15) is 0 Å². The van der Waals surface area contributed by atoms with Crippen LogP contribution >= 0.6 is 0 Å². The van der Waals surface area contributed by atoms with Gasteiger partial charge in [0.15, 0.2) is 11.6 Å². The van der Waals surface area contributed by atoms with E-state index in [2.05, 4.69) is 15.3 Å². The van der Waals surface area contributed by atoms with E-state index in [0.29, 0.717) is 5.92 Å². The summed E-state index contributed by atoms with van der Waals surface area (Å²) in [6.45, 7) is 2.19. The van der Waals surface area contributed by atoms with Crippen molar-refractivity contribution in [2.45, 2.75) is 18.8 Å². The smallest absolute Gasteiger partial charge is 0.173 e. The maximum Gasteiger partial charge on any atom is 0.173 e. The standard InChI is InChI=1S/C12H15N3O/c1-2-11(16-7-1)12-14-8-10(15-12)9-3-5-13-6-4-9/h1-2,7-9,13H,3-6H2,(H,14,15). The molecule has 0 amide bonds. The molecule has 1 fully saturated rings. The molecule has 0 aromatic carbocycles. The van der Waals surface area contributed by atoms with Crippen LogP contribution in [0.4, 0.5) is 0 Å². The molecular formula is C12H15N3O. The lowest BCUT2D eigenvalue weighted by molar-refractivity contribution is 0.454. The topological polar surface area (TPSA) is 53.9 Å². The van der Waals surface area contributed by atoms with Crippen LogP contribution in [0.25, 0.3) is 11.6 Å². The predicted octanol–water partition coefficient (Wildman–Crippen LogP) is 2.14. The lowest BCUT2D eigenvalue weighted by Gasteiger charge is -2.20. The minimum Gasteiger partial charge on any atom is -0.461 e. The van der Waals surface area contributed by atoms with Crippen molar-refractivity contribution >= 4 is 0 Å². The van der Waals surface area contributed by atoms with Gasteiger partial charge in [-0.25, -0.2) is 4.98 Å². The summed E-state index contributed by atoms with van der Waals surface area (Å²) >= 11 is 0. The summed E-state index contributed by atoms with van der Waals surface area (Å²) in [7, 11) is 0. The van der Waals surface area contributed by atoms with Crippen LogP contribution in [-0.4, -0.2) is 23.1 Å². The molecule has 16 heavy (non-hydrogen) atoms. The van der Waals surface area contributed by atoms with Crippen LogP contribution in [-0.2, 0) is 0 Å². The number of imidazole rings is 1. The average Bonchev–Trinajstić information content (AvgIpc) is 3.01. The van der Waals surface area contributed by atoms with Gasteiger partial charge in [-0.3, -0.25) is 0 Å². The molecule has 4 nitrogen and oxygen atoms in total. The summed E-state index contributed by atoms with van der Waals surface area (Å²) in [5.41, 5.74) is 1.23. The van der Waals surface area contributed by atoms with E-state index in [1.807, 2.05) is 18.3 Å². The van der Waals surface area contributed by atoms with Crippen LogP contribution in [0.2, 0.25) is 0 Å². The molecule has 1 saturated heterocycles. The average molecular weight is 217 g/mol. The van der Waals surface area contributed by atoms with E-state index in [9.17, 15) is 0 Å². The summed E-state index contributed by atoms with van der Waals surface area (Å²) in [4.78, 5) is 7.72. The molecule has 4 heteroatoms. The van der Waals surface area contributed by atoms with Gasteiger partial charge in [-0.2, -0.15) is 0 Å². The van der Waals surface area contributed by atoms with Gasteiger partial charge in [-0.05, 0) is 38.1 Å². The Hall–Kier alpha value is -1.55. The SMILES string of the molecule is c1coc(-c2ncc(C3CCNCC3)[nH]2)c1. The minimum absolute atomic E-state index is 0.609. The maximum atomic E-state index is 5.31. The molecule has 2 aromatic heterocycles. The highest BCUT2D eigenvalue weighted by Crippen LogP contribution is 2.25. The molecule has 0 aliphatic carbocycles. The number of hydrogen-bond donors (Lipinski definition) is 2. The molecule has 1 aliphatic heterocycles. The third-order valence-corrected chi connectivity index (χ3v) is 3.13. The lowest BCUT2D eigenvalue weighted by Crippen LogP contribution is -2.26. The van der Waals surface area contributed by atoms with Crippen molar-refractivity contribution in [3.05, 3.63) is 30.3 Å². The van der Waals surface area contributed by atoms with Crippen LogP contribution in [0.5, 0.6) is 0 Å². The molecule has 2 aromatic rings. The Bertz CT molecular complexity index is 441. The first kappa shape index (κ1) is 9.66. The molecule has 0 radical (unpaired) electrons. The fraction of sp³-hybridized carbons (Fsp3) is 0.417. The van der Waals surface area contributed by atoms with Crippen LogP contribution in [0, 0.1) is 0 Å². The van der Waals surface area contributed by atoms with Gasteiger partial charge in [-0.15, -0.1) is 0 Å². The first-order valence-corrected chi connectivity index (χ1v) is 5.73. The Balaban J connectivity index is 1.82. The molecule has 2 N–H and O–H groups in total. The zero-order valence-corrected chi connectivity index (χ0v) is 9.07. The molecule has 0 saturated carbocycles. The largest absolute Gasteiger partial charge is 0.461 e. The number of nitrogens with one attached hydrogen (secondary N) is 2. The van der Waals surface area contributed by atoms with E-state index in [4.69, 9.17) is 4.42 Å². The second-order valence-electron chi connectivity index (χ2n) is 4.19. The molecule has 0 spiro atoms. The molecular weight excluding hydrogens is 202 g/mol. The van der Waals surface area contributed by atoms with Crippen LogP contribution in [0.3, 0.4) is 0 Å². The summed E-state index contributed by atoms with van der Waals surface area (Å²) < 4.78 is 5.31. The number of nitrogens with zero attached hydrogens (tertiary/aromatic N) is 1. The van der Waals surface area contributed by atoms with Crippen molar-refractivity contribution in [3.8, 4) is 11.6 Å². The fourth-order valence-electron chi connectivity index (χ4n) is 2.21. The zero-order chi connectivity index (χ0) is 10.8. The van der Waals surface area contributed by atoms with E-state index in [0.717, 1.165) is 24.7 Å². The van der Waals surface area contributed by atoms with Crippen molar-refractivity contribution in [3.63, 3.8) is 0 Å². The van der Waals surface area contributed by atoms with Gasteiger partial charge in [0.2, 0.25) is 0 Å². The molecule has 84 valence electrons. The number of hydrogen-bond acceptors (Lipinski definition) is 3. The minimum atomic E-state index is 0.609. The molecule has 3 heterocycles. The van der Waals surface area contributed by atoms with E-state index >= 15 is 0 Å². The first-order chi connectivity index (χ1) is 7.93. The molecule has 3 rings (SSSR count). The van der Waals surface area contributed by atoms with Crippen molar-refractivity contribution in [1.82, 2.24) is 15.3 Å². The van der Waals surface area contributed by atoms with E-state index in [1.165, 1.54) is 18.5 Å². The summed E-state index contributed by atoms with van der Waals surface area (Å²) in [6, 6.07) is 3.80. The number of aromatic amines is 1. The Labute approximate surface area is 94.1 Å². The van der Waals surface area contributed by atoms with Gasteiger partial charge < -0.3 is 14.7 Å². The second-order valence-corrected chi connectivity index (χ2v) is 4.19. The highest BCUT2D eigenvalue weighted by molar-refractivity contribution is 5.46. The zero-order valence-electron chi connectivity index (χ0n) is 9.07. The summed E-state index contributed by atoms with van der Waals surface area (Å²) in [5, 5.41) is 3.37. The molecule has 0 unspecified atom stereocenters. The first-order valence-electron chi connectivity index (χ1n) is 5.73. The predicted molar refractivity (Wildman–Crippen MR) is 61.1 cm³/mol. The molecule has 0 bridgehead atoms. The number of aromatic nitrogens is 2. The third kappa shape index (κ3) is 1.76. The van der Waals surface area contributed by atoms with Crippen LogP contribution in [0.1, 0.15) is 24.5 Å². The Morgan fingerprint density at radius 3 is 2.94 bits per heavy atom. The van der Waals surface area contributed by atoms with Crippen molar-refractivity contribution in [1.29, 1.82) is 0 Å². The van der Waals surface area contributed by atoms with Crippen LogP contribution < -0.4 is 5.32 Å². The third-order valence-electron chi connectivity index (χ3n) is 3.13. The lowest BCUT2D eigenvalue weighted by atomic mass is 9.95. The molecule has 0 atom stereocenters. The second kappa shape index (κ2) is 4.14. The van der Waals surface area contributed by atoms with E-state index in [-0.39, 0.29) is 0 Å². The van der Waals surface area contributed by atoms with Gasteiger partial charge in [0, 0.05) is 17.8 Å². The fourth-order valence-corrected chi connectivity index (χ4v) is 2.21. The van der Waals surface area contributed by atoms with Gasteiger partial charge in [0.05, 0.1) is 6.26 Å². The monoisotopic (exact) mass is 217 g/mol. The van der Waals surface area contributed by atoms with Crippen molar-refractivity contribution < 1.29 is 4.42 Å². The number of H-pyrrole nitrogens is 1. The van der Waals surface area contributed by atoms with E-state index in [1.54, 1.807) is 6.26 Å². The van der Waals surface area contributed by atoms with Crippen molar-refractivity contribution in [2.24, 2.45) is 0 Å². The van der Waals surface area contributed by atoms with Gasteiger partial charge in [0.25, 0.3) is 0 Å².